The lowest BCUT2D eigenvalue weighted by molar-refractivity contribution is -0.137. The molecule has 4 rings (SSSR count). The van der Waals surface area contributed by atoms with Gasteiger partial charge >= 0.3 is 12.2 Å². The van der Waals surface area contributed by atoms with E-state index in [-0.39, 0.29) is 10.7 Å². The molecule has 0 fully saturated rings. The highest BCUT2D eigenvalue weighted by molar-refractivity contribution is 7.18. The number of anilines is 3. The van der Waals surface area contributed by atoms with Crippen LogP contribution < -0.4 is 20.3 Å². The Kier molecular flexibility index (Phi) is 7.32. The van der Waals surface area contributed by atoms with Gasteiger partial charge in [-0.15, -0.1) is 0 Å². The van der Waals surface area contributed by atoms with Crippen molar-refractivity contribution in [3.63, 3.8) is 0 Å². The minimum atomic E-state index is -4.53. The van der Waals surface area contributed by atoms with Gasteiger partial charge in [-0.3, -0.25) is 0 Å². The van der Waals surface area contributed by atoms with E-state index in [1.54, 1.807) is 23.5 Å². The van der Waals surface area contributed by atoms with Crippen molar-refractivity contribution in [1.82, 2.24) is 9.97 Å². The maximum Gasteiger partial charge on any atom is 0.416 e. The first-order valence-electron chi connectivity index (χ1n) is 10.4. The van der Waals surface area contributed by atoms with E-state index in [1.807, 2.05) is 49.5 Å². The molecule has 2 aromatic heterocycles. The Labute approximate surface area is 213 Å². The fourth-order valence-corrected chi connectivity index (χ4v) is 4.08. The van der Waals surface area contributed by atoms with Gasteiger partial charge in [0.25, 0.3) is 0 Å². The summed E-state index contributed by atoms with van der Waals surface area (Å²) in [6, 6.07) is 12.6. The lowest BCUT2D eigenvalue weighted by Gasteiger charge is -2.12. The van der Waals surface area contributed by atoms with Crippen molar-refractivity contribution >= 4 is 45.5 Å². The smallest absolute Gasteiger partial charge is 0.416 e. The molecule has 0 spiro atoms. The van der Waals surface area contributed by atoms with Crippen LogP contribution in [0.5, 0.6) is 11.6 Å². The summed E-state index contributed by atoms with van der Waals surface area (Å²) in [6.45, 7) is 0. The molecule has 2 heterocycles. The molecular formula is C24H19ClF3N5O2S. The fraction of sp³-hybridized carbons (Fsp3) is 0.125. The molecular weight excluding hydrogens is 515 g/mol. The summed E-state index contributed by atoms with van der Waals surface area (Å²) < 4.78 is 44.0. The fourth-order valence-electron chi connectivity index (χ4n) is 3.01. The van der Waals surface area contributed by atoms with Crippen LogP contribution in [0.15, 0.2) is 67.0 Å². The van der Waals surface area contributed by atoms with E-state index < -0.39 is 17.8 Å². The summed E-state index contributed by atoms with van der Waals surface area (Å²) in [4.78, 5) is 23.7. The highest BCUT2D eigenvalue weighted by Crippen LogP contribution is 2.34. The standard InChI is InChI=1S/C24H19ClF3N5O2S/c1-33(2)23-30-13-20(36-23)14-3-7-17(8-4-14)35-21-10-6-16(12-29-21)31-22(34)32-19-9-5-15(11-18(19)25)24(26,27)28/h3-13H,1-2H3,(H2,31,32,34). The third kappa shape index (κ3) is 6.23. The van der Waals surface area contributed by atoms with Crippen molar-refractivity contribution in [2.75, 3.05) is 29.6 Å². The number of hydrogen-bond donors (Lipinski definition) is 2. The molecule has 2 amide bonds. The number of urea groups is 1. The third-order valence-corrected chi connectivity index (χ3v) is 6.30. The largest absolute Gasteiger partial charge is 0.439 e. The molecule has 0 aliphatic carbocycles. The zero-order valence-corrected chi connectivity index (χ0v) is 20.5. The van der Waals surface area contributed by atoms with Gasteiger partial charge in [-0.1, -0.05) is 22.9 Å². The Balaban J connectivity index is 1.34. The van der Waals surface area contributed by atoms with E-state index in [9.17, 15) is 18.0 Å². The molecule has 12 heteroatoms. The van der Waals surface area contributed by atoms with E-state index in [0.717, 1.165) is 33.8 Å². The summed E-state index contributed by atoms with van der Waals surface area (Å²) >= 11 is 7.45. The van der Waals surface area contributed by atoms with Gasteiger partial charge in [-0.25, -0.2) is 14.8 Å². The van der Waals surface area contributed by atoms with Crippen LogP contribution in [0.4, 0.5) is 34.5 Å². The summed E-state index contributed by atoms with van der Waals surface area (Å²) in [6.07, 6.45) is -1.32. The molecule has 0 aliphatic heterocycles. The second-order valence-electron chi connectivity index (χ2n) is 7.68. The van der Waals surface area contributed by atoms with Crippen molar-refractivity contribution in [1.29, 1.82) is 0 Å². The van der Waals surface area contributed by atoms with Gasteiger partial charge in [0.15, 0.2) is 5.13 Å². The predicted octanol–water partition coefficient (Wildman–Crippen LogP) is 7.38. The van der Waals surface area contributed by atoms with Crippen LogP contribution in [0.25, 0.3) is 10.4 Å². The van der Waals surface area contributed by atoms with Gasteiger partial charge < -0.3 is 20.3 Å². The minimum absolute atomic E-state index is 0.0368. The molecule has 2 aromatic carbocycles. The second-order valence-corrected chi connectivity index (χ2v) is 9.10. The van der Waals surface area contributed by atoms with Crippen molar-refractivity contribution in [2.24, 2.45) is 0 Å². The first-order chi connectivity index (χ1) is 17.1. The third-order valence-electron chi connectivity index (χ3n) is 4.78. The lowest BCUT2D eigenvalue weighted by Crippen LogP contribution is -2.20. The van der Waals surface area contributed by atoms with Crippen LogP contribution in [0.1, 0.15) is 5.56 Å². The maximum atomic E-state index is 12.8. The van der Waals surface area contributed by atoms with Crippen LogP contribution in [-0.4, -0.2) is 30.1 Å². The van der Waals surface area contributed by atoms with Crippen LogP contribution in [0.2, 0.25) is 5.02 Å². The number of halogens is 4. The number of nitrogens with zero attached hydrogens (tertiary/aromatic N) is 3. The first-order valence-corrected chi connectivity index (χ1v) is 11.6. The number of amides is 2. The van der Waals surface area contributed by atoms with Crippen LogP contribution in [0, 0.1) is 0 Å². The molecule has 186 valence electrons. The van der Waals surface area contributed by atoms with Crippen molar-refractivity contribution in [2.45, 2.75) is 6.18 Å². The van der Waals surface area contributed by atoms with E-state index in [0.29, 0.717) is 17.3 Å². The minimum Gasteiger partial charge on any atom is -0.439 e. The quantitative estimate of drug-likeness (QED) is 0.270. The number of nitrogens with one attached hydrogen (secondary N) is 2. The number of alkyl halides is 3. The zero-order chi connectivity index (χ0) is 25.9. The molecule has 0 saturated heterocycles. The molecule has 36 heavy (non-hydrogen) atoms. The van der Waals surface area contributed by atoms with Crippen molar-refractivity contribution < 1.29 is 22.7 Å². The first kappa shape index (κ1) is 25.3. The predicted molar refractivity (Wildman–Crippen MR) is 135 cm³/mol. The van der Waals surface area contributed by atoms with Gasteiger partial charge in [0.1, 0.15) is 5.75 Å². The Morgan fingerprint density at radius 3 is 2.33 bits per heavy atom. The Hall–Kier alpha value is -3.83. The topological polar surface area (TPSA) is 79.4 Å². The van der Waals surface area contributed by atoms with E-state index >= 15 is 0 Å². The number of rotatable bonds is 6. The van der Waals surface area contributed by atoms with Crippen molar-refractivity contribution in [3.05, 3.63) is 77.6 Å². The number of carbonyl (C=O) groups is 1. The number of ether oxygens (including phenoxy) is 1. The van der Waals surface area contributed by atoms with Gasteiger partial charge in [-0.05, 0) is 54.1 Å². The van der Waals surface area contributed by atoms with Crippen LogP contribution in [0.3, 0.4) is 0 Å². The molecule has 0 unspecified atom stereocenters. The number of aromatic nitrogens is 2. The van der Waals surface area contributed by atoms with Gasteiger partial charge in [0, 0.05) is 26.4 Å². The molecule has 0 saturated carbocycles. The van der Waals surface area contributed by atoms with E-state index in [2.05, 4.69) is 20.6 Å². The molecule has 7 nitrogen and oxygen atoms in total. The Bertz CT molecular complexity index is 1360. The Morgan fingerprint density at radius 1 is 1.00 bits per heavy atom. The van der Waals surface area contributed by atoms with Gasteiger partial charge in [0.2, 0.25) is 5.88 Å². The highest BCUT2D eigenvalue weighted by atomic mass is 35.5. The van der Waals surface area contributed by atoms with Gasteiger partial charge in [-0.2, -0.15) is 13.2 Å². The SMILES string of the molecule is CN(C)c1ncc(-c2ccc(Oc3ccc(NC(=O)Nc4ccc(C(F)(F)F)cc4Cl)cn3)cc2)s1. The van der Waals surface area contributed by atoms with Crippen LogP contribution >= 0.6 is 22.9 Å². The zero-order valence-electron chi connectivity index (χ0n) is 18.9. The molecule has 0 atom stereocenters. The summed E-state index contributed by atoms with van der Waals surface area (Å²) in [5, 5.41) is 5.62. The molecule has 4 aromatic rings. The Morgan fingerprint density at radius 2 is 1.75 bits per heavy atom. The molecule has 0 aliphatic rings. The normalized spacial score (nSPS) is 11.2. The van der Waals surface area contributed by atoms with Gasteiger partial charge in [0.05, 0.1) is 33.0 Å². The number of benzene rings is 2. The lowest BCUT2D eigenvalue weighted by atomic mass is 10.2. The monoisotopic (exact) mass is 533 g/mol. The van der Waals surface area contributed by atoms with Crippen LogP contribution in [-0.2, 0) is 6.18 Å². The molecule has 2 N–H and O–H groups in total. The summed E-state index contributed by atoms with van der Waals surface area (Å²) in [7, 11) is 3.88. The molecule has 0 radical (unpaired) electrons. The van der Waals surface area contributed by atoms with E-state index in [1.165, 1.54) is 6.20 Å². The molecule has 0 bridgehead atoms. The summed E-state index contributed by atoms with van der Waals surface area (Å²) in [5.41, 5.74) is 0.490. The highest BCUT2D eigenvalue weighted by Gasteiger charge is 2.31. The number of hydrogen-bond acceptors (Lipinski definition) is 6. The van der Waals surface area contributed by atoms with Crippen molar-refractivity contribution in [3.8, 4) is 22.1 Å². The average Bonchev–Trinajstić information content (AvgIpc) is 3.32. The number of thiazole rings is 1. The second kappa shape index (κ2) is 10.4. The summed E-state index contributed by atoms with van der Waals surface area (Å²) in [5.74, 6) is 0.895. The maximum absolute atomic E-state index is 12.8. The van der Waals surface area contributed by atoms with E-state index in [4.69, 9.17) is 16.3 Å². The number of carbonyl (C=O) groups excluding carboxylic acids is 1. The number of pyridine rings is 1. The average molecular weight is 534 g/mol.